The minimum Gasteiger partial charge on any atom is -0.329 e. The van der Waals surface area contributed by atoms with E-state index in [0.29, 0.717) is 12.1 Å². The van der Waals surface area contributed by atoms with E-state index in [9.17, 15) is 14.4 Å². The van der Waals surface area contributed by atoms with E-state index in [0.717, 1.165) is 4.88 Å². The average molecular weight is 318 g/mol. The average Bonchev–Trinajstić information content (AvgIpc) is 3.01. The van der Waals surface area contributed by atoms with Gasteiger partial charge in [0, 0.05) is 35.8 Å². The summed E-state index contributed by atoms with van der Waals surface area (Å²) in [4.78, 5) is 42.4. The molecule has 0 saturated carbocycles. The number of aromatic amines is 1. The van der Waals surface area contributed by atoms with Crippen molar-refractivity contribution in [1.82, 2.24) is 19.2 Å². The summed E-state index contributed by atoms with van der Waals surface area (Å²) >= 11 is 1.26. The summed E-state index contributed by atoms with van der Waals surface area (Å²) in [5, 5.41) is 0. The van der Waals surface area contributed by atoms with Crippen LogP contribution in [0, 0.1) is 0 Å². The predicted molar refractivity (Wildman–Crippen MR) is 80.1 cm³/mol. The van der Waals surface area contributed by atoms with Gasteiger partial charge in [-0.1, -0.05) is 6.07 Å². The normalized spacial score (nSPS) is 15.5. The number of imide groups is 1. The van der Waals surface area contributed by atoms with Crippen LogP contribution in [0.15, 0.2) is 35.4 Å². The number of amides is 3. The standard InChI is InChI=1S/C14H14N4O3S/c19-12-4-7-17(8-10-2-1-5-15-13(10)20)14(21)18(12)9-11-3-6-16-22-11/h1-3,5-6H,4,7-9H2,(H,15,20). The first-order valence-electron chi connectivity index (χ1n) is 6.80. The maximum atomic E-state index is 12.5. The van der Waals surface area contributed by atoms with E-state index in [1.807, 2.05) is 0 Å². The number of carbonyl (C=O) groups is 2. The van der Waals surface area contributed by atoms with Crippen LogP contribution in [0.3, 0.4) is 0 Å². The molecule has 8 heteroatoms. The van der Waals surface area contributed by atoms with Gasteiger partial charge >= 0.3 is 6.03 Å². The maximum absolute atomic E-state index is 12.5. The highest BCUT2D eigenvalue weighted by Crippen LogP contribution is 2.17. The predicted octanol–water partition coefficient (Wildman–Crippen LogP) is 1.19. The number of hydrogen-bond donors (Lipinski definition) is 1. The minimum atomic E-state index is -0.368. The summed E-state index contributed by atoms with van der Waals surface area (Å²) in [6.45, 7) is 0.747. The van der Waals surface area contributed by atoms with Crippen LogP contribution in [0.2, 0.25) is 0 Å². The molecule has 1 N–H and O–H groups in total. The lowest BCUT2D eigenvalue weighted by molar-refractivity contribution is -0.131. The number of pyridine rings is 1. The summed E-state index contributed by atoms with van der Waals surface area (Å²) in [5.74, 6) is -0.198. The number of rotatable bonds is 4. The molecule has 1 saturated heterocycles. The molecule has 0 atom stereocenters. The van der Waals surface area contributed by atoms with E-state index in [4.69, 9.17) is 0 Å². The van der Waals surface area contributed by atoms with Crippen LogP contribution < -0.4 is 5.56 Å². The fraction of sp³-hybridized carbons (Fsp3) is 0.286. The van der Waals surface area contributed by atoms with E-state index in [1.54, 1.807) is 30.6 Å². The number of nitrogens with one attached hydrogen (secondary N) is 1. The molecule has 0 bridgehead atoms. The van der Waals surface area contributed by atoms with Crippen molar-refractivity contribution in [3.8, 4) is 0 Å². The van der Waals surface area contributed by atoms with Crippen LogP contribution in [0.5, 0.6) is 0 Å². The third-order valence-electron chi connectivity index (χ3n) is 3.46. The quantitative estimate of drug-likeness (QED) is 0.917. The van der Waals surface area contributed by atoms with Gasteiger partial charge in [-0.2, -0.15) is 0 Å². The zero-order valence-corrected chi connectivity index (χ0v) is 12.5. The molecule has 0 unspecified atom stereocenters. The molecule has 2 aromatic rings. The molecule has 0 spiro atoms. The van der Waals surface area contributed by atoms with Gasteiger partial charge in [0.2, 0.25) is 5.91 Å². The van der Waals surface area contributed by atoms with E-state index in [-0.39, 0.29) is 37.0 Å². The molecule has 114 valence electrons. The first kappa shape index (κ1) is 14.5. The summed E-state index contributed by atoms with van der Waals surface area (Å²) in [7, 11) is 0. The summed E-state index contributed by atoms with van der Waals surface area (Å²) in [6.07, 6.45) is 3.44. The first-order chi connectivity index (χ1) is 10.6. The van der Waals surface area contributed by atoms with Crippen LogP contribution in [0.1, 0.15) is 16.9 Å². The molecule has 3 amide bonds. The Morgan fingerprint density at radius 3 is 2.82 bits per heavy atom. The number of hydrogen-bond acceptors (Lipinski definition) is 5. The van der Waals surface area contributed by atoms with Crippen molar-refractivity contribution in [1.29, 1.82) is 0 Å². The van der Waals surface area contributed by atoms with Gasteiger partial charge < -0.3 is 9.88 Å². The first-order valence-corrected chi connectivity index (χ1v) is 7.58. The highest BCUT2D eigenvalue weighted by atomic mass is 32.1. The molecule has 0 aliphatic carbocycles. The highest BCUT2D eigenvalue weighted by molar-refractivity contribution is 7.05. The summed E-state index contributed by atoms with van der Waals surface area (Å²) < 4.78 is 3.97. The van der Waals surface area contributed by atoms with Crippen LogP contribution in [0.4, 0.5) is 4.79 Å². The van der Waals surface area contributed by atoms with Crippen LogP contribution in [-0.4, -0.2) is 37.6 Å². The minimum absolute atomic E-state index is 0.196. The number of H-pyrrole nitrogens is 1. The van der Waals surface area contributed by atoms with Crippen LogP contribution in [-0.2, 0) is 17.9 Å². The Bertz CT molecular complexity index is 741. The van der Waals surface area contributed by atoms with Crippen LogP contribution >= 0.6 is 11.5 Å². The molecule has 0 radical (unpaired) electrons. The molecule has 1 fully saturated rings. The van der Waals surface area contributed by atoms with Crippen LogP contribution in [0.25, 0.3) is 0 Å². The second-order valence-corrected chi connectivity index (χ2v) is 5.86. The fourth-order valence-corrected chi connectivity index (χ4v) is 2.87. The third kappa shape index (κ3) is 2.91. The van der Waals surface area contributed by atoms with Gasteiger partial charge in [-0.05, 0) is 23.7 Å². The number of urea groups is 1. The van der Waals surface area contributed by atoms with Gasteiger partial charge in [-0.25, -0.2) is 9.17 Å². The van der Waals surface area contributed by atoms with Crippen molar-refractivity contribution in [3.05, 3.63) is 51.4 Å². The Morgan fingerprint density at radius 1 is 1.23 bits per heavy atom. The summed E-state index contributed by atoms with van der Waals surface area (Å²) in [5.41, 5.74) is 0.282. The van der Waals surface area contributed by atoms with Crippen molar-refractivity contribution in [2.45, 2.75) is 19.5 Å². The molecule has 7 nitrogen and oxygen atoms in total. The smallest absolute Gasteiger partial charge is 0.327 e. The van der Waals surface area contributed by atoms with Crippen molar-refractivity contribution >= 4 is 23.5 Å². The zero-order chi connectivity index (χ0) is 15.5. The Labute approximate surface area is 130 Å². The van der Waals surface area contributed by atoms with E-state index in [2.05, 4.69) is 9.36 Å². The topological polar surface area (TPSA) is 86.4 Å². The Kier molecular flexibility index (Phi) is 4.01. The molecular formula is C14H14N4O3S. The molecule has 0 aromatic carbocycles. The molecule has 22 heavy (non-hydrogen) atoms. The SMILES string of the molecule is O=C1CCN(Cc2ccc[nH]c2=O)C(=O)N1Cc1ccns1. The van der Waals surface area contributed by atoms with Gasteiger partial charge in [0.05, 0.1) is 13.1 Å². The highest BCUT2D eigenvalue weighted by Gasteiger charge is 2.32. The largest absolute Gasteiger partial charge is 0.329 e. The van der Waals surface area contributed by atoms with Crippen molar-refractivity contribution in [3.63, 3.8) is 0 Å². The van der Waals surface area contributed by atoms with Crippen molar-refractivity contribution in [2.24, 2.45) is 0 Å². The Balaban J connectivity index is 1.76. The van der Waals surface area contributed by atoms with Gasteiger partial charge in [0.1, 0.15) is 0 Å². The van der Waals surface area contributed by atoms with Gasteiger partial charge in [-0.15, -0.1) is 0 Å². The van der Waals surface area contributed by atoms with E-state index < -0.39 is 0 Å². The molecule has 1 aliphatic heterocycles. The van der Waals surface area contributed by atoms with Gasteiger partial charge in [-0.3, -0.25) is 14.5 Å². The molecule has 1 aliphatic rings. The van der Waals surface area contributed by atoms with Gasteiger partial charge in [0.15, 0.2) is 0 Å². The second kappa shape index (κ2) is 6.10. The van der Waals surface area contributed by atoms with Gasteiger partial charge in [0.25, 0.3) is 5.56 Å². The van der Waals surface area contributed by atoms with E-state index in [1.165, 1.54) is 21.3 Å². The molecular weight excluding hydrogens is 304 g/mol. The molecule has 3 heterocycles. The molecule has 2 aromatic heterocycles. The Hall–Kier alpha value is -2.48. The lowest BCUT2D eigenvalue weighted by Gasteiger charge is -2.33. The number of carbonyl (C=O) groups excluding carboxylic acids is 2. The van der Waals surface area contributed by atoms with Crippen molar-refractivity contribution < 1.29 is 9.59 Å². The second-order valence-electron chi connectivity index (χ2n) is 4.94. The maximum Gasteiger partial charge on any atom is 0.327 e. The number of aromatic nitrogens is 2. The third-order valence-corrected chi connectivity index (χ3v) is 4.19. The Morgan fingerprint density at radius 2 is 2.09 bits per heavy atom. The lowest BCUT2D eigenvalue weighted by Crippen LogP contribution is -2.51. The zero-order valence-electron chi connectivity index (χ0n) is 11.7. The summed E-state index contributed by atoms with van der Waals surface area (Å²) in [6, 6.07) is 4.81. The monoisotopic (exact) mass is 318 g/mol. The number of nitrogens with zero attached hydrogens (tertiary/aromatic N) is 3. The lowest BCUT2D eigenvalue weighted by atomic mass is 10.2. The molecule has 3 rings (SSSR count). The fourth-order valence-electron chi connectivity index (χ4n) is 2.31. The van der Waals surface area contributed by atoms with E-state index >= 15 is 0 Å². The van der Waals surface area contributed by atoms with Crippen molar-refractivity contribution in [2.75, 3.05) is 6.54 Å².